The number of ether oxygens (including phenoxy) is 1. The van der Waals surface area contributed by atoms with Gasteiger partial charge in [-0.05, 0) is 56.0 Å². The lowest BCUT2D eigenvalue weighted by Gasteiger charge is -2.32. The van der Waals surface area contributed by atoms with E-state index < -0.39 is 0 Å². The van der Waals surface area contributed by atoms with Crippen LogP contribution in [0.5, 0.6) is 11.6 Å². The highest BCUT2D eigenvalue weighted by Crippen LogP contribution is 2.34. The molecule has 0 bridgehead atoms. The van der Waals surface area contributed by atoms with E-state index in [4.69, 9.17) is 4.74 Å². The van der Waals surface area contributed by atoms with Gasteiger partial charge < -0.3 is 14.5 Å². The number of carbonyl (C=O) groups is 2. The zero-order valence-electron chi connectivity index (χ0n) is 20.0. The van der Waals surface area contributed by atoms with Gasteiger partial charge in [0.2, 0.25) is 11.8 Å². The molecule has 0 aliphatic carbocycles. The fraction of sp³-hybridized carbons (Fsp3) is 0.357. The van der Waals surface area contributed by atoms with Gasteiger partial charge in [-0.15, -0.1) is 0 Å². The van der Waals surface area contributed by atoms with Crippen molar-refractivity contribution < 1.29 is 14.3 Å². The van der Waals surface area contributed by atoms with Crippen molar-refractivity contribution in [1.29, 1.82) is 0 Å². The Kier molecular flexibility index (Phi) is 6.75. The zero-order valence-corrected chi connectivity index (χ0v) is 20.0. The predicted octanol–water partition coefficient (Wildman–Crippen LogP) is 4.72. The second-order valence-corrected chi connectivity index (χ2v) is 9.35. The van der Waals surface area contributed by atoms with Crippen molar-refractivity contribution in [3.05, 3.63) is 83.3 Å². The minimum Gasteiger partial charge on any atom is -0.437 e. The molecule has 2 saturated heterocycles. The van der Waals surface area contributed by atoms with Crippen LogP contribution in [0.3, 0.4) is 0 Å². The normalized spacial score (nSPS) is 16.5. The minimum atomic E-state index is 0.0355. The average molecular weight is 471 g/mol. The first-order valence-electron chi connectivity index (χ1n) is 12.3. The van der Waals surface area contributed by atoms with Crippen LogP contribution in [0.1, 0.15) is 58.8 Å². The molecule has 0 N–H and O–H groups in total. The molecule has 0 saturated carbocycles. The number of aromatic nitrogens is 2. The molecule has 35 heavy (non-hydrogen) atoms. The fourth-order valence-corrected chi connectivity index (χ4v) is 4.85. The first-order chi connectivity index (χ1) is 17.1. The van der Waals surface area contributed by atoms with Crippen molar-refractivity contribution in [1.82, 2.24) is 19.8 Å². The summed E-state index contributed by atoms with van der Waals surface area (Å²) in [6.07, 6.45) is 6.49. The summed E-state index contributed by atoms with van der Waals surface area (Å²) >= 11 is 0. The van der Waals surface area contributed by atoms with Gasteiger partial charge in [0.1, 0.15) is 11.4 Å². The summed E-state index contributed by atoms with van der Waals surface area (Å²) in [5.74, 6) is 1.68. The molecule has 3 heterocycles. The van der Waals surface area contributed by atoms with Crippen LogP contribution < -0.4 is 4.74 Å². The SMILES string of the molecule is Cc1ccc(Oc2nccnc2C2CCN(C(=O)c3cccc(CN4CCCC4=O)c3)CC2)cc1. The van der Waals surface area contributed by atoms with Crippen molar-refractivity contribution in [2.75, 3.05) is 19.6 Å². The molecule has 180 valence electrons. The monoisotopic (exact) mass is 470 g/mol. The summed E-state index contributed by atoms with van der Waals surface area (Å²) in [6, 6.07) is 15.6. The lowest BCUT2D eigenvalue weighted by Crippen LogP contribution is -2.38. The summed E-state index contributed by atoms with van der Waals surface area (Å²) in [5.41, 5.74) is 3.69. The second-order valence-electron chi connectivity index (χ2n) is 9.35. The van der Waals surface area contributed by atoms with Crippen molar-refractivity contribution in [2.45, 2.75) is 45.1 Å². The molecule has 0 unspecified atom stereocenters. The molecule has 7 heteroatoms. The Morgan fingerprint density at radius 3 is 2.54 bits per heavy atom. The van der Waals surface area contributed by atoms with Crippen molar-refractivity contribution >= 4 is 11.8 Å². The highest BCUT2D eigenvalue weighted by molar-refractivity contribution is 5.94. The van der Waals surface area contributed by atoms with Crippen LogP contribution in [-0.4, -0.2) is 51.2 Å². The van der Waals surface area contributed by atoms with E-state index in [0.29, 0.717) is 37.5 Å². The summed E-state index contributed by atoms with van der Waals surface area (Å²) in [6.45, 7) is 4.70. The van der Waals surface area contributed by atoms with Gasteiger partial charge in [0, 0.05) is 56.5 Å². The number of nitrogens with zero attached hydrogens (tertiary/aromatic N) is 4. The smallest absolute Gasteiger partial charge is 0.253 e. The van der Waals surface area contributed by atoms with E-state index in [0.717, 1.165) is 42.8 Å². The molecule has 7 nitrogen and oxygen atoms in total. The molecule has 0 atom stereocenters. The molecular formula is C28H30N4O3. The number of amides is 2. The lowest BCUT2D eigenvalue weighted by atomic mass is 9.93. The number of rotatable bonds is 6. The largest absolute Gasteiger partial charge is 0.437 e. The van der Waals surface area contributed by atoms with Gasteiger partial charge in [0.05, 0.1) is 0 Å². The van der Waals surface area contributed by atoms with Crippen LogP contribution in [0.4, 0.5) is 0 Å². The average Bonchev–Trinajstić information content (AvgIpc) is 3.29. The van der Waals surface area contributed by atoms with Gasteiger partial charge in [0.25, 0.3) is 5.91 Å². The summed E-state index contributed by atoms with van der Waals surface area (Å²) < 4.78 is 6.05. The van der Waals surface area contributed by atoms with Gasteiger partial charge >= 0.3 is 0 Å². The Balaban J connectivity index is 1.22. The highest BCUT2D eigenvalue weighted by Gasteiger charge is 2.28. The maximum absolute atomic E-state index is 13.2. The third-order valence-electron chi connectivity index (χ3n) is 6.81. The van der Waals surface area contributed by atoms with Crippen LogP contribution in [0, 0.1) is 6.92 Å². The number of hydrogen-bond acceptors (Lipinski definition) is 5. The standard InChI is InChI=1S/C28H30N4O3/c1-20-7-9-24(10-8-20)35-27-26(29-13-14-30-27)22-11-16-31(17-12-22)28(34)23-5-2-4-21(18-23)19-32-15-3-6-25(32)33/h2,4-5,7-10,13-14,18,22H,3,6,11-12,15-17,19H2,1H3. The Hall–Kier alpha value is -3.74. The molecule has 2 fully saturated rings. The van der Waals surface area contributed by atoms with Crippen LogP contribution in [-0.2, 0) is 11.3 Å². The Bertz CT molecular complexity index is 1200. The quantitative estimate of drug-likeness (QED) is 0.521. The maximum atomic E-state index is 13.2. The topological polar surface area (TPSA) is 75.6 Å². The van der Waals surface area contributed by atoms with E-state index in [2.05, 4.69) is 9.97 Å². The second kappa shape index (κ2) is 10.3. The lowest BCUT2D eigenvalue weighted by molar-refractivity contribution is -0.128. The molecule has 2 aliphatic heterocycles. The fourth-order valence-electron chi connectivity index (χ4n) is 4.85. The molecule has 1 aromatic heterocycles. The minimum absolute atomic E-state index is 0.0355. The van der Waals surface area contributed by atoms with E-state index >= 15 is 0 Å². The molecule has 2 amide bonds. The number of benzene rings is 2. The van der Waals surface area contributed by atoms with Crippen molar-refractivity contribution in [2.24, 2.45) is 0 Å². The van der Waals surface area contributed by atoms with Crippen LogP contribution in [0.25, 0.3) is 0 Å². The third-order valence-corrected chi connectivity index (χ3v) is 6.81. The summed E-state index contributed by atoms with van der Waals surface area (Å²) in [4.78, 5) is 38.0. The van der Waals surface area contributed by atoms with Gasteiger partial charge in [-0.3, -0.25) is 14.6 Å². The van der Waals surface area contributed by atoms with E-state index in [9.17, 15) is 9.59 Å². The first-order valence-corrected chi connectivity index (χ1v) is 12.3. The zero-order chi connectivity index (χ0) is 24.2. The molecule has 5 rings (SSSR count). The number of likely N-dealkylation sites (tertiary alicyclic amines) is 2. The Morgan fingerprint density at radius 2 is 1.80 bits per heavy atom. The summed E-state index contributed by atoms with van der Waals surface area (Å²) in [7, 11) is 0. The van der Waals surface area contributed by atoms with Crippen LogP contribution >= 0.6 is 0 Å². The number of carbonyl (C=O) groups excluding carboxylic acids is 2. The molecule has 0 spiro atoms. The Morgan fingerprint density at radius 1 is 1.03 bits per heavy atom. The van der Waals surface area contributed by atoms with Crippen LogP contribution in [0.2, 0.25) is 0 Å². The van der Waals surface area contributed by atoms with Crippen molar-refractivity contribution in [3.8, 4) is 11.6 Å². The van der Waals surface area contributed by atoms with E-state index in [-0.39, 0.29) is 17.7 Å². The molecular weight excluding hydrogens is 440 g/mol. The Labute approximate surface area is 205 Å². The molecule has 2 aliphatic rings. The molecule has 2 aromatic carbocycles. The maximum Gasteiger partial charge on any atom is 0.253 e. The van der Waals surface area contributed by atoms with Gasteiger partial charge in [-0.25, -0.2) is 4.98 Å². The predicted molar refractivity (Wildman–Crippen MR) is 132 cm³/mol. The number of hydrogen-bond donors (Lipinski definition) is 0. The molecule has 3 aromatic rings. The van der Waals surface area contributed by atoms with E-state index in [1.807, 2.05) is 65.3 Å². The van der Waals surface area contributed by atoms with Gasteiger partial charge in [0.15, 0.2) is 0 Å². The van der Waals surface area contributed by atoms with Crippen LogP contribution in [0.15, 0.2) is 60.9 Å². The summed E-state index contributed by atoms with van der Waals surface area (Å²) in [5, 5.41) is 0. The van der Waals surface area contributed by atoms with Gasteiger partial charge in [-0.1, -0.05) is 29.8 Å². The third kappa shape index (κ3) is 5.34. The number of aryl methyl sites for hydroxylation is 1. The number of piperidine rings is 1. The molecule has 0 radical (unpaired) electrons. The highest BCUT2D eigenvalue weighted by atomic mass is 16.5. The first kappa shape index (κ1) is 23.0. The van der Waals surface area contributed by atoms with Gasteiger partial charge in [-0.2, -0.15) is 0 Å². The van der Waals surface area contributed by atoms with Crippen molar-refractivity contribution in [3.63, 3.8) is 0 Å². The van der Waals surface area contributed by atoms with E-state index in [1.165, 1.54) is 5.56 Å². The van der Waals surface area contributed by atoms with E-state index in [1.54, 1.807) is 12.4 Å².